The Morgan fingerprint density at radius 2 is 2.07 bits per heavy atom. The number of para-hydroxylation sites is 1. The minimum atomic E-state index is 0.0162. The van der Waals surface area contributed by atoms with E-state index in [4.69, 9.17) is 32.8 Å². The Kier molecular flexibility index (Phi) is 6.59. The number of nitrogens with zero attached hydrogens (tertiary/aromatic N) is 1. The van der Waals surface area contributed by atoms with Crippen LogP contribution in [-0.2, 0) is 11.3 Å². The quantitative estimate of drug-likeness (QED) is 0.304. The largest absolute Gasteiger partial charge is 0.489 e. The van der Waals surface area contributed by atoms with Gasteiger partial charge in [-0.15, -0.1) is 0 Å². The van der Waals surface area contributed by atoms with Crippen LogP contribution in [0.4, 0.5) is 0 Å². The fraction of sp³-hybridized carbons (Fsp3) is 0.227. The van der Waals surface area contributed by atoms with E-state index in [2.05, 4.69) is 16.6 Å². The maximum absolute atomic E-state index is 6.32. The second-order valence-electron chi connectivity index (χ2n) is 6.87. The second kappa shape index (κ2) is 9.13. The maximum atomic E-state index is 6.32. The molecule has 3 aromatic rings. The minimum absolute atomic E-state index is 0.0162. The van der Waals surface area contributed by atoms with E-state index in [1.807, 2.05) is 38.2 Å². The molecule has 0 unspecified atom stereocenters. The fourth-order valence-corrected chi connectivity index (χ4v) is 3.37. The molecule has 3 rings (SSSR count). The van der Waals surface area contributed by atoms with E-state index >= 15 is 0 Å². The van der Waals surface area contributed by atoms with Crippen LogP contribution in [0, 0.1) is 0 Å². The summed E-state index contributed by atoms with van der Waals surface area (Å²) in [6, 6.07) is 11.2. The van der Waals surface area contributed by atoms with Gasteiger partial charge in [0.2, 0.25) is 5.90 Å². The molecule has 0 saturated heterocycles. The van der Waals surface area contributed by atoms with Crippen LogP contribution in [0.1, 0.15) is 30.5 Å². The SMILES string of the molecule is C=C(/N=C(\ON)c1ccc(OC(C)C)c(Cl)c1)c1cccc2c(CCN)c[nH]c12. The van der Waals surface area contributed by atoms with Gasteiger partial charge in [-0.1, -0.05) is 36.4 Å². The summed E-state index contributed by atoms with van der Waals surface area (Å²) in [4.78, 5) is 12.8. The minimum Gasteiger partial charge on any atom is -0.489 e. The van der Waals surface area contributed by atoms with Gasteiger partial charge in [0.25, 0.3) is 0 Å². The van der Waals surface area contributed by atoms with Crippen molar-refractivity contribution in [1.29, 1.82) is 0 Å². The first kappa shape index (κ1) is 20.9. The molecule has 0 bridgehead atoms. The Balaban J connectivity index is 1.95. The topological polar surface area (TPSA) is 98.7 Å². The molecule has 0 spiro atoms. The molecule has 2 aromatic carbocycles. The Morgan fingerprint density at radius 1 is 1.28 bits per heavy atom. The number of hydrogen-bond acceptors (Lipinski definition) is 5. The van der Waals surface area contributed by atoms with Crippen LogP contribution in [0.3, 0.4) is 0 Å². The summed E-state index contributed by atoms with van der Waals surface area (Å²) in [6.07, 6.45) is 2.77. The summed E-state index contributed by atoms with van der Waals surface area (Å²) < 4.78 is 5.66. The van der Waals surface area contributed by atoms with Crippen molar-refractivity contribution in [3.8, 4) is 5.75 Å². The smallest absolute Gasteiger partial charge is 0.245 e. The summed E-state index contributed by atoms with van der Waals surface area (Å²) >= 11 is 6.32. The lowest BCUT2D eigenvalue weighted by molar-refractivity contribution is 0.242. The van der Waals surface area contributed by atoms with Crippen molar-refractivity contribution >= 4 is 34.1 Å². The van der Waals surface area contributed by atoms with E-state index in [-0.39, 0.29) is 12.0 Å². The number of nitrogens with two attached hydrogens (primary N) is 2. The van der Waals surface area contributed by atoms with E-state index in [1.54, 1.807) is 18.2 Å². The van der Waals surface area contributed by atoms with Crippen molar-refractivity contribution in [2.24, 2.45) is 16.6 Å². The van der Waals surface area contributed by atoms with Crippen molar-refractivity contribution in [3.05, 3.63) is 70.9 Å². The first-order chi connectivity index (χ1) is 13.9. The molecule has 0 radical (unpaired) electrons. The molecule has 0 aliphatic heterocycles. The second-order valence-corrected chi connectivity index (χ2v) is 7.28. The molecule has 5 N–H and O–H groups in total. The van der Waals surface area contributed by atoms with Crippen LogP contribution in [0.5, 0.6) is 5.75 Å². The Hall–Kier alpha value is -2.80. The highest BCUT2D eigenvalue weighted by Crippen LogP contribution is 2.29. The predicted octanol–water partition coefficient (Wildman–Crippen LogP) is 4.42. The standard InChI is InChI=1S/C22H25ClN4O2/c1-13(2)28-20-8-7-15(11-19(20)23)22(29-25)27-14(3)17-5-4-6-18-16(9-10-24)12-26-21(17)18/h4-8,11-13,26H,3,9-10,24-25H2,1-2H3/b27-22-. The molecule has 29 heavy (non-hydrogen) atoms. The van der Waals surface area contributed by atoms with Gasteiger partial charge in [-0.05, 0) is 50.6 Å². The number of aliphatic imine (C=N–C) groups is 1. The van der Waals surface area contributed by atoms with Crippen molar-refractivity contribution in [1.82, 2.24) is 4.98 Å². The molecule has 0 aliphatic carbocycles. The molecule has 1 aromatic heterocycles. The molecule has 6 nitrogen and oxygen atoms in total. The third-order valence-electron chi connectivity index (χ3n) is 4.42. The zero-order chi connectivity index (χ0) is 21.0. The van der Waals surface area contributed by atoms with E-state index in [0.29, 0.717) is 28.6 Å². The third-order valence-corrected chi connectivity index (χ3v) is 4.71. The molecular formula is C22H25ClN4O2. The summed E-state index contributed by atoms with van der Waals surface area (Å²) in [7, 11) is 0. The van der Waals surface area contributed by atoms with Gasteiger partial charge < -0.3 is 20.3 Å². The number of rotatable bonds is 7. The van der Waals surface area contributed by atoms with Crippen molar-refractivity contribution in [3.63, 3.8) is 0 Å². The van der Waals surface area contributed by atoms with E-state index in [9.17, 15) is 0 Å². The predicted molar refractivity (Wildman–Crippen MR) is 119 cm³/mol. The maximum Gasteiger partial charge on any atom is 0.245 e. The molecule has 1 heterocycles. The molecule has 7 heteroatoms. The van der Waals surface area contributed by atoms with Crippen LogP contribution in [0.25, 0.3) is 16.6 Å². The van der Waals surface area contributed by atoms with Crippen molar-refractivity contribution in [2.45, 2.75) is 26.4 Å². The summed E-state index contributed by atoms with van der Waals surface area (Å²) in [6.45, 7) is 8.55. The molecule has 0 atom stereocenters. The third kappa shape index (κ3) is 4.62. The lowest BCUT2D eigenvalue weighted by Gasteiger charge is -2.13. The van der Waals surface area contributed by atoms with Crippen LogP contribution >= 0.6 is 11.6 Å². The fourth-order valence-electron chi connectivity index (χ4n) is 3.14. The average Bonchev–Trinajstić information content (AvgIpc) is 3.10. The number of fused-ring (bicyclic) bond motifs is 1. The molecule has 0 saturated carbocycles. The lowest BCUT2D eigenvalue weighted by Crippen LogP contribution is -2.13. The highest BCUT2D eigenvalue weighted by molar-refractivity contribution is 6.32. The summed E-state index contributed by atoms with van der Waals surface area (Å²) in [5.74, 6) is 6.28. The lowest BCUT2D eigenvalue weighted by atomic mass is 10.1. The number of nitrogens with one attached hydrogen (secondary N) is 1. The molecule has 152 valence electrons. The van der Waals surface area contributed by atoms with Crippen LogP contribution in [0.2, 0.25) is 5.02 Å². The van der Waals surface area contributed by atoms with Gasteiger partial charge in [-0.3, -0.25) is 0 Å². The molecule has 0 fully saturated rings. The van der Waals surface area contributed by atoms with Gasteiger partial charge in [0, 0.05) is 22.7 Å². The van der Waals surface area contributed by atoms with Gasteiger partial charge >= 0.3 is 0 Å². The molecule has 0 aliphatic rings. The van der Waals surface area contributed by atoms with Gasteiger partial charge in [-0.25, -0.2) is 4.99 Å². The number of aromatic amines is 1. The van der Waals surface area contributed by atoms with Crippen molar-refractivity contribution < 1.29 is 9.57 Å². The number of halogens is 1. The average molecular weight is 413 g/mol. The summed E-state index contributed by atoms with van der Waals surface area (Å²) in [5.41, 5.74) is 9.79. The number of benzene rings is 2. The van der Waals surface area contributed by atoms with E-state index in [1.165, 1.54) is 0 Å². The summed E-state index contributed by atoms with van der Waals surface area (Å²) in [5, 5.41) is 1.54. The Morgan fingerprint density at radius 3 is 2.72 bits per heavy atom. The van der Waals surface area contributed by atoms with Crippen molar-refractivity contribution in [2.75, 3.05) is 6.54 Å². The van der Waals surface area contributed by atoms with Gasteiger partial charge in [0.15, 0.2) is 0 Å². The number of H-pyrrole nitrogens is 1. The van der Waals surface area contributed by atoms with E-state index < -0.39 is 0 Å². The van der Waals surface area contributed by atoms with Gasteiger partial charge in [0.1, 0.15) is 5.75 Å². The van der Waals surface area contributed by atoms with Crippen LogP contribution in [0.15, 0.2) is 54.2 Å². The zero-order valence-corrected chi connectivity index (χ0v) is 17.3. The van der Waals surface area contributed by atoms with Crippen LogP contribution < -0.4 is 16.4 Å². The number of aromatic nitrogens is 1. The number of ether oxygens (including phenoxy) is 1. The highest BCUT2D eigenvalue weighted by Gasteiger charge is 2.13. The Bertz CT molecular complexity index is 1060. The van der Waals surface area contributed by atoms with Crippen LogP contribution in [-0.4, -0.2) is 23.5 Å². The highest BCUT2D eigenvalue weighted by atomic mass is 35.5. The molecular weight excluding hydrogens is 388 g/mol. The first-order valence-corrected chi connectivity index (χ1v) is 9.72. The van der Waals surface area contributed by atoms with Gasteiger partial charge in [0.05, 0.1) is 22.3 Å². The van der Waals surface area contributed by atoms with Gasteiger partial charge in [-0.2, -0.15) is 5.90 Å². The number of hydrogen-bond donors (Lipinski definition) is 3. The first-order valence-electron chi connectivity index (χ1n) is 9.35. The zero-order valence-electron chi connectivity index (χ0n) is 16.5. The normalized spacial score (nSPS) is 11.9. The van der Waals surface area contributed by atoms with E-state index in [0.717, 1.165) is 28.5 Å². The molecule has 0 amide bonds. The Labute approximate surface area is 175 Å². The monoisotopic (exact) mass is 412 g/mol.